The van der Waals surface area contributed by atoms with Crippen molar-refractivity contribution in [1.82, 2.24) is 25.0 Å². The second-order valence-electron chi connectivity index (χ2n) is 14.8. The molecule has 4 saturated heterocycles. The standard InChI is InChI=1S/C37H51N5O2S2/c1-24-19-25(2)21-27(20-24)33-30(11-14-40-12-9-26(10-13-40)23-38-36(44)41-15-17-45-18-16-41)31-22-32(46-34(31)39-33)37(3,4)35(43)42-28-5-6-29(42)8-7-28/h19-22,26,28-29,39H,5-18,23H2,1-4H3,(H,38,44). The molecule has 0 aliphatic carbocycles. The third-order valence-electron chi connectivity index (χ3n) is 11.2. The van der Waals surface area contributed by atoms with Crippen LogP contribution in [0.1, 0.15) is 73.9 Å². The molecule has 2 N–H and O–H groups in total. The number of aryl methyl sites for hydroxylation is 2. The van der Waals surface area contributed by atoms with Crippen LogP contribution in [0.3, 0.4) is 0 Å². The monoisotopic (exact) mass is 661 g/mol. The fourth-order valence-corrected chi connectivity index (χ4v) is 10.5. The van der Waals surface area contributed by atoms with E-state index in [0.29, 0.717) is 23.9 Å². The van der Waals surface area contributed by atoms with Crippen LogP contribution in [-0.2, 0) is 16.6 Å². The SMILES string of the molecule is Cc1cc(C)cc(-c2[nH]c3sc(C(C)(C)C(=O)N4C5CCC4CC5)cc3c2CCN2CCC(CNC(=O)N3CCSCC3)CC2)c1. The summed E-state index contributed by atoms with van der Waals surface area (Å²) >= 11 is 3.71. The lowest BCUT2D eigenvalue weighted by Gasteiger charge is -2.33. The Morgan fingerprint density at radius 1 is 0.913 bits per heavy atom. The summed E-state index contributed by atoms with van der Waals surface area (Å²) in [6.45, 7) is 14.3. The van der Waals surface area contributed by atoms with Gasteiger partial charge in [0.15, 0.2) is 0 Å². The van der Waals surface area contributed by atoms with Crippen LogP contribution in [0.2, 0.25) is 0 Å². The van der Waals surface area contributed by atoms with E-state index in [1.807, 2.05) is 16.7 Å². The smallest absolute Gasteiger partial charge is 0.317 e. The van der Waals surface area contributed by atoms with Crippen LogP contribution in [0.4, 0.5) is 4.79 Å². The zero-order valence-electron chi connectivity index (χ0n) is 28.1. The number of urea groups is 1. The number of carbonyl (C=O) groups is 2. The number of benzene rings is 1. The van der Waals surface area contributed by atoms with Crippen LogP contribution in [0.25, 0.3) is 21.5 Å². The van der Waals surface area contributed by atoms with Gasteiger partial charge in [-0.05, 0) is 121 Å². The molecule has 0 spiro atoms. The number of nitrogens with zero attached hydrogens (tertiary/aromatic N) is 3. The minimum Gasteiger partial charge on any atom is -0.346 e. The fraction of sp³-hybridized carbons (Fsp3) is 0.622. The van der Waals surface area contributed by atoms with Crippen molar-refractivity contribution in [3.63, 3.8) is 0 Å². The van der Waals surface area contributed by atoms with Gasteiger partial charge >= 0.3 is 6.03 Å². The van der Waals surface area contributed by atoms with Crippen molar-refractivity contribution < 1.29 is 9.59 Å². The molecule has 0 radical (unpaired) electrons. The molecule has 7 nitrogen and oxygen atoms in total. The molecule has 4 aliphatic heterocycles. The van der Waals surface area contributed by atoms with E-state index in [9.17, 15) is 9.59 Å². The zero-order valence-corrected chi connectivity index (χ0v) is 29.8. The van der Waals surface area contributed by atoms with Crippen molar-refractivity contribution >= 4 is 45.3 Å². The highest BCUT2D eigenvalue weighted by molar-refractivity contribution is 7.99. The van der Waals surface area contributed by atoms with Crippen LogP contribution in [0, 0.1) is 19.8 Å². The Kier molecular flexibility index (Phi) is 9.20. The van der Waals surface area contributed by atoms with Gasteiger partial charge in [-0.1, -0.05) is 17.2 Å². The number of likely N-dealkylation sites (tertiary alicyclic amines) is 1. The molecule has 4 fully saturated rings. The number of amides is 3. The van der Waals surface area contributed by atoms with Gasteiger partial charge in [-0.15, -0.1) is 11.3 Å². The largest absolute Gasteiger partial charge is 0.346 e. The van der Waals surface area contributed by atoms with Gasteiger partial charge in [0.1, 0.15) is 4.83 Å². The predicted octanol–water partition coefficient (Wildman–Crippen LogP) is 6.96. The van der Waals surface area contributed by atoms with Crippen LogP contribution in [-0.4, -0.2) is 94.5 Å². The maximum absolute atomic E-state index is 14.0. The quantitative estimate of drug-likeness (QED) is 0.274. The first-order valence-electron chi connectivity index (χ1n) is 17.6. The van der Waals surface area contributed by atoms with Gasteiger partial charge in [-0.3, -0.25) is 4.79 Å². The first-order valence-corrected chi connectivity index (χ1v) is 19.5. The number of hydrogen-bond donors (Lipinski definition) is 2. The highest BCUT2D eigenvalue weighted by Crippen LogP contribution is 2.44. The molecule has 46 heavy (non-hydrogen) atoms. The molecule has 3 aromatic rings. The number of rotatable bonds is 8. The van der Waals surface area contributed by atoms with E-state index in [0.717, 1.165) is 70.0 Å². The van der Waals surface area contributed by atoms with Gasteiger partial charge in [0.05, 0.1) is 11.1 Å². The Balaban J connectivity index is 1.06. The lowest BCUT2D eigenvalue weighted by molar-refractivity contribution is -0.137. The third kappa shape index (κ3) is 6.36. The van der Waals surface area contributed by atoms with E-state index in [4.69, 9.17) is 0 Å². The Morgan fingerprint density at radius 3 is 2.22 bits per heavy atom. The number of carbonyl (C=O) groups excluding carboxylic acids is 2. The number of H-pyrrole nitrogens is 1. The van der Waals surface area contributed by atoms with Gasteiger partial charge in [0, 0.05) is 60.0 Å². The molecular formula is C37H51N5O2S2. The average molecular weight is 662 g/mol. The number of aromatic nitrogens is 1. The number of fused-ring (bicyclic) bond motifs is 3. The number of nitrogens with one attached hydrogen (secondary N) is 2. The van der Waals surface area contributed by atoms with E-state index in [1.165, 1.54) is 68.7 Å². The maximum atomic E-state index is 14.0. The Morgan fingerprint density at radius 2 is 1.57 bits per heavy atom. The summed E-state index contributed by atoms with van der Waals surface area (Å²) in [6.07, 6.45) is 7.91. The Labute approximate surface area is 282 Å². The molecule has 0 atom stereocenters. The third-order valence-corrected chi connectivity index (χ3v) is 13.5. The topological polar surface area (TPSA) is 71.7 Å². The fourth-order valence-electron chi connectivity index (χ4n) is 8.43. The summed E-state index contributed by atoms with van der Waals surface area (Å²) in [5.41, 5.74) is 5.89. The molecule has 7 rings (SSSR count). The summed E-state index contributed by atoms with van der Waals surface area (Å²) in [7, 11) is 0. The Bertz CT molecular complexity index is 1540. The summed E-state index contributed by atoms with van der Waals surface area (Å²) in [4.78, 5) is 39.6. The van der Waals surface area contributed by atoms with Crippen molar-refractivity contribution in [3.8, 4) is 11.3 Å². The average Bonchev–Trinajstić information content (AvgIpc) is 3.83. The van der Waals surface area contributed by atoms with Gasteiger partial charge < -0.3 is 25.0 Å². The normalized spacial score (nSPS) is 22.7. The van der Waals surface area contributed by atoms with Crippen LogP contribution in [0.15, 0.2) is 24.3 Å². The second-order valence-corrected chi connectivity index (χ2v) is 17.1. The molecule has 9 heteroatoms. The van der Waals surface area contributed by atoms with Crippen molar-refractivity contribution in [3.05, 3.63) is 45.8 Å². The van der Waals surface area contributed by atoms with Crippen molar-refractivity contribution in [1.29, 1.82) is 0 Å². The van der Waals surface area contributed by atoms with Crippen LogP contribution in [0.5, 0.6) is 0 Å². The molecule has 2 aromatic heterocycles. The van der Waals surface area contributed by atoms with Crippen molar-refractivity contribution in [2.24, 2.45) is 5.92 Å². The Hall–Kier alpha value is -2.49. The zero-order chi connectivity index (χ0) is 32.0. The van der Waals surface area contributed by atoms with E-state index in [1.54, 1.807) is 11.3 Å². The van der Waals surface area contributed by atoms with Gasteiger partial charge in [0.25, 0.3) is 0 Å². The number of piperidine rings is 1. The molecule has 3 amide bonds. The van der Waals surface area contributed by atoms with Crippen LogP contribution >= 0.6 is 23.1 Å². The highest BCUT2D eigenvalue weighted by atomic mass is 32.2. The molecule has 6 heterocycles. The molecule has 248 valence electrons. The molecule has 4 aliphatic rings. The molecule has 1 aromatic carbocycles. The second kappa shape index (κ2) is 13.2. The highest BCUT2D eigenvalue weighted by Gasteiger charge is 2.47. The molecule has 0 saturated carbocycles. The van der Waals surface area contributed by atoms with E-state index in [2.05, 4.69) is 72.1 Å². The summed E-state index contributed by atoms with van der Waals surface area (Å²) in [5, 5.41) is 4.51. The van der Waals surface area contributed by atoms with Crippen molar-refractivity contribution in [2.75, 3.05) is 50.8 Å². The van der Waals surface area contributed by atoms with E-state index >= 15 is 0 Å². The molecule has 2 bridgehead atoms. The first-order chi connectivity index (χ1) is 22.2. The maximum Gasteiger partial charge on any atom is 0.317 e. The van der Waals surface area contributed by atoms with Crippen molar-refractivity contribution in [2.45, 2.75) is 90.1 Å². The number of thioether (sulfide) groups is 1. The summed E-state index contributed by atoms with van der Waals surface area (Å²) in [6, 6.07) is 10.2. The van der Waals surface area contributed by atoms with Crippen LogP contribution < -0.4 is 5.32 Å². The minimum atomic E-state index is -0.530. The van der Waals surface area contributed by atoms with Gasteiger partial charge in [0.2, 0.25) is 5.91 Å². The number of hydrogen-bond acceptors (Lipinski definition) is 5. The predicted molar refractivity (Wildman–Crippen MR) is 192 cm³/mol. The van der Waals surface area contributed by atoms with E-state index < -0.39 is 5.41 Å². The lowest BCUT2D eigenvalue weighted by Crippen LogP contribution is -2.46. The number of thiophene rings is 1. The summed E-state index contributed by atoms with van der Waals surface area (Å²) < 4.78 is 0. The van der Waals surface area contributed by atoms with Gasteiger partial charge in [-0.25, -0.2) is 4.79 Å². The molecular weight excluding hydrogens is 611 g/mol. The van der Waals surface area contributed by atoms with E-state index in [-0.39, 0.29) is 6.03 Å². The summed E-state index contributed by atoms with van der Waals surface area (Å²) in [5.74, 6) is 2.96. The minimum absolute atomic E-state index is 0.117. The van der Waals surface area contributed by atoms with Gasteiger partial charge in [-0.2, -0.15) is 11.8 Å². The lowest BCUT2D eigenvalue weighted by atomic mass is 9.88. The first kappa shape index (κ1) is 32.1. The molecule has 0 unspecified atom stereocenters. The number of aromatic amines is 1.